The van der Waals surface area contributed by atoms with E-state index in [1.54, 1.807) is 32.0 Å². The average molecular weight is 266 g/mol. The minimum Gasteiger partial charge on any atom is -0.476 e. The fourth-order valence-corrected chi connectivity index (χ4v) is 2.10. The van der Waals surface area contributed by atoms with E-state index in [0.717, 1.165) is 0 Å². The van der Waals surface area contributed by atoms with Crippen LogP contribution >= 0.6 is 0 Å². The van der Waals surface area contributed by atoms with Crippen molar-refractivity contribution in [3.63, 3.8) is 0 Å². The number of hydrogen-bond donors (Lipinski definition) is 3. The van der Waals surface area contributed by atoms with E-state index in [1.165, 1.54) is 4.90 Å². The molecule has 104 valence electrons. The van der Waals surface area contributed by atoms with E-state index in [0.29, 0.717) is 17.1 Å². The van der Waals surface area contributed by atoms with Crippen LogP contribution in [0.15, 0.2) is 18.2 Å². The minimum atomic E-state index is -1.03. The van der Waals surface area contributed by atoms with Crippen molar-refractivity contribution in [2.24, 2.45) is 0 Å². The smallest absolute Gasteiger partial charge is 0.270 e. The molecular weight excluding hydrogens is 248 g/mol. The summed E-state index contributed by atoms with van der Waals surface area (Å²) in [6.45, 7) is 2.86. The summed E-state index contributed by atoms with van der Waals surface area (Å²) < 4.78 is 5.64. The monoisotopic (exact) mass is 266 g/mol. The standard InChI is InChI=1S/C13H18N2O4/c1-13(2)12(18)15(6-8(17)7-16)11-9(14)4-3-5-10(11)19-13/h3-5,8,16-17H,6-7,14H2,1-2H3. The molecule has 1 aliphatic heterocycles. The summed E-state index contributed by atoms with van der Waals surface area (Å²) in [5, 5.41) is 18.5. The van der Waals surface area contributed by atoms with E-state index in [1.807, 2.05) is 0 Å². The summed E-state index contributed by atoms with van der Waals surface area (Å²) in [6, 6.07) is 5.12. The van der Waals surface area contributed by atoms with Crippen molar-refractivity contribution in [2.45, 2.75) is 25.6 Å². The number of aliphatic hydroxyl groups is 2. The number of anilines is 2. The molecule has 1 amide bonds. The number of nitrogen functional groups attached to an aromatic ring is 1. The van der Waals surface area contributed by atoms with Crippen LogP contribution in [0.1, 0.15) is 13.8 Å². The number of aliphatic hydroxyl groups excluding tert-OH is 2. The summed E-state index contributed by atoms with van der Waals surface area (Å²) in [5.41, 5.74) is 5.69. The molecule has 19 heavy (non-hydrogen) atoms. The van der Waals surface area contributed by atoms with Gasteiger partial charge in [0.25, 0.3) is 5.91 Å². The van der Waals surface area contributed by atoms with Gasteiger partial charge in [0.2, 0.25) is 0 Å². The van der Waals surface area contributed by atoms with Crippen LogP contribution in [0.2, 0.25) is 0 Å². The third-order valence-electron chi connectivity index (χ3n) is 3.03. The zero-order chi connectivity index (χ0) is 14.2. The molecule has 0 saturated carbocycles. The first-order valence-electron chi connectivity index (χ1n) is 6.05. The molecule has 0 aliphatic carbocycles. The average Bonchev–Trinajstić information content (AvgIpc) is 2.34. The van der Waals surface area contributed by atoms with Crippen LogP contribution in [-0.2, 0) is 4.79 Å². The summed E-state index contributed by atoms with van der Waals surface area (Å²) >= 11 is 0. The Labute approximate surface area is 111 Å². The molecule has 4 N–H and O–H groups in total. The van der Waals surface area contributed by atoms with Gasteiger partial charge in [-0.15, -0.1) is 0 Å². The van der Waals surface area contributed by atoms with E-state index in [9.17, 15) is 9.90 Å². The Hall–Kier alpha value is -1.79. The maximum atomic E-state index is 12.4. The lowest BCUT2D eigenvalue weighted by Gasteiger charge is -2.39. The van der Waals surface area contributed by atoms with Gasteiger partial charge in [-0.05, 0) is 26.0 Å². The molecular formula is C13H18N2O4. The van der Waals surface area contributed by atoms with Crippen LogP contribution in [0.3, 0.4) is 0 Å². The molecule has 0 bridgehead atoms. The zero-order valence-corrected chi connectivity index (χ0v) is 11.0. The maximum Gasteiger partial charge on any atom is 0.270 e. The second kappa shape index (κ2) is 4.71. The number of carbonyl (C=O) groups excluding carboxylic acids is 1. The third kappa shape index (κ3) is 2.36. The topological polar surface area (TPSA) is 96.0 Å². The number of β-amino-alcohol motifs (C(OH)–C–C–N with tert-alkyl or cyclic N) is 1. The van der Waals surface area contributed by atoms with Crippen LogP contribution in [0.25, 0.3) is 0 Å². The normalized spacial score (nSPS) is 18.7. The zero-order valence-electron chi connectivity index (χ0n) is 11.0. The Morgan fingerprint density at radius 2 is 2.16 bits per heavy atom. The van der Waals surface area contributed by atoms with Crippen LogP contribution in [-0.4, -0.2) is 41.0 Å². The molecule has 1 atom stereocenters. The van der Waals surface area contributed by atoms with Crippen molar-refractivity contribution in [3.8, 4) is 5.75 Å². The van der Waals surface area contributed by atoms with Gasteiger partial charge in [-0.1, -0.05) is 6.07 Å². The molecule has 2 rings (SSSR count). The van der Waals surface area contributed by atoms with E-state index in [-0.39, 0.29) is 12.5 Å². The largest absolute Gasteiger partial charge is 0.476 e. The molecule has 6 nitrogen and oxygen atoms in total. The minimum absolute atomic E-state index is 0.0245. The number of benzene rings is 1. The molecule has 1 heterocycles. The van der Waals surface area contributed by atoms with Gasteiger partial charge in [-0.3, -0.25) is 4.79 Å². The van der Waals surface area contributed by atoms with Gasteiger partial charge >= 0.3 is 0 Å². The Balaban J connectivity index is 2.48. The fourth-order valence-electron chi connectivity index (χ4n) is 2.10. The van der Waals surface area contributed by atoms with Crippen molar-refractivity contribution >= 4 is 17.3 Å². The predicted octanol–water partition coefficient (Wildman–Crippen LogP) is 0.126. The number of nitrogens with two attached hydrogens (primary N) is 1. The third-order valence-corrected chi connectivity index (χ3v) is 3.03. The lowest BCUT2D eigenvalue weighted by molar-refractivity contribution is -0.133. The highest BCUT2D eigenvalue weighted by Crippen LogP contribution is 2.41. The SMILES string of the molecule is CC1(C)Oc2cccc(N)c2N(CC(O)CO)C1=O. The Morgan fingerprint density at radius 3 is 2.79 bits per heavy atom. The van der Waals surface area contributed by atoms with E-state index < -0.39 is 18.3 Å². The summed E-state index contributed by atoms with van der Waals surface area (Å²) in [5.74, 6) is 0.195. The van der Waals surface area contributed by atoms with E-state index in [2.05, 4.69) is 0 Å². The van der Waals surface area contributed by atoms with Crippen molar-refractivity contribution in [3.05, 3.63) is 18.2 Å². The fraction of sp³-hybridized carbons (Fsp3) is 0.462. The highest BCUT2D eigenvalue weighted by molar-refractivity contribution is 6.05. The number of fused-ring (bicyclic) bond motifs is 1. The number of rotatable bonds is 3. The van der Waals surface area contributed by atoms with Gasteiger partial charge in [0, 0.05) is 0 Å². The highest BCUT2D eigenvalue weighted by Gasteiger charge is 2.42. The van der Waals surface area contributed by atoms with Gasteiger partial charge < -0.3 is 25.6 Å². The van der Waals surface area contributed by atoms with Crippen LogP contribution < -0.4 is 15.4 Å². The predicted molar refractivity (Wildman–Crippen MR) is 71.0 cm³/mol. The highest BCUT2D eigenvalue weighted by atomic mass is 16.5. The summed E-state index contributed by atoms with van der Waals surface area (Å²) in [6.07, 6.45) is -1.02. The number of hydrogen-bond acceptors (Lipinski definition) is 5. The molecule has 0 spiro atoms. The van der Waals surface area contributed by atoms with Crippen LogP contribution in [0, 0.1) is 0 Å². The molecule has 6 heteroatoms. The quantitative estimate of drug-likeness (QED) is 0.676. The molecule has 0 aromatic heterocycles. The lowest BCUT2D eigenvalue weighted by Crippen LogP contribution is -2.54. The number of carbonyl (C=O) groups is 1. The van der Waals surface area contributed by atoms with Gasteiger partial charge in [-0.25, -0.2) is 0 Å². The van der Waals surface area contributed by atoms with E-state index >= 15 is 0 Å². The molecule has 0 fully saturated rings. The molecule has 1 unspecified atom stereocenters. The first-order chi connectivity index (χ1) is 8.86. The van der Waals surface area contributed by atoms with Crippen LogP contribution in [0.4, 0.5) is 11.4 Å². The van der Waals surface area contributed by atoms with Gasteiger partial charge in [-0.2, -0.15) is 0 Å². The second-order valence-corrected chi connectivity index (χ2v) is 5.06. The van der Waals surface area contributed by atoms with Gasteiger partial charge in [0.05, 0.1) is 24.9 Å². The first kappa shape index (κ1) is 13.6. The second-order valence-electron chi connectivity index (χ2n) is 5.06. The summed E-state index contributed by atoms with van der Waals surface area (Å²) in [7, 11) is 0. The number of amides is 1. The molecule has 0 saturated heterocycles. The van der Waals surface area contributed by atoms with E-state index in [4.69, 9.17) is 15.6 Å². The van der Waals surface area contributed by atoms with Crippen molar-refractivity contribution in [1.29, 1.82) is 0 Å². The Kier molecular flexibility index (Phi) is 3.38. The van der Waals surface area contributed by atoms with Crippen molar-refractivity contribution in [1.82, 2.24) is 0 Å². The number of nitrogens with zero attached hydrogens (tertiary/aromatic N) is 1. The number of para-hydroxylation sites is 1. The van der Waals surface area contributed by atoms with Crippen molar-refractivity contribution < 1.29 is 19.7 Å². The maximum absolute atomic E-state index is 12.4. The molecule has 1 aromatic rings. The first-order valence-corrected chi connectivity index (χ1v) is 6.05. The van der Waals surface area contributed by atoms with Crippen molar-refractivity contribution in [2.75, 3.05) is 23.8 Å². The molecule has 0 radical (unpaired) electrons. The molecule has 1 aliphatic rings. The summed E-state index contributed by atoms with van der Waals surface area (Å²) in [4.78, 5) is 13.7. The molecule has 1 aromatic carbocycles. The van der Waals surface area contributed by atoms with Gasteiger partial charge in [0.15, 0.2) is 5.60 Å². The van der Waals surface area contributed by atoms with Crippen LogP contribution in [0.5, 0.6) is 5.75 Å². The Bertz CT molecular complexity index is 501. The lowest BCUT2D eigenvalue weighted by atomic mass is 10.0. The Morgan fingerprint density at radius 1 is 1.47 bits per heavy atom. The van der Waals surface area contributed by atoms with Gasteiger partial charge in [0.1, 0.15) is 11.4 Å². The number of ether oxygens (including phenoxy) is 1.